The molecule has 3 aromatic rings. The molecule has 0 aliphatic carbocycles. The Morgan fingerprint density at radius 2 is 1.89 bits per heavy atom. The number of halogens is 2. The maximum absolute atomic E-state index is 14.1. The lowest BCUT2D eigenvalue weighted by atomic mass is 10.2. The molecular weight excluding hydrogens is 360 g/mol. The van der Waals surface area contributed by atoms with Crippen molar-refractivity contribution in [1.29, 1.82) is 0 Å². The Kier molecular flexibility index (Phi) is 5.22. The van der Waals surface area contributed by atoms with Crippen molar-refractivity contribution in [3.8, 4) is 23.1 Å². The number of methoxy groups -OCH3 is 1. The van der Waals surface area contributed by atoms with E-state index in [9.17, 15) is 13.9 Å². The van der Waals surface area contributed by atoms with Gasteiger partial charge in [-0.15, -0.1) is 0 Å². The summed E-state index contributed by atoms with van der Waals surface area (Å²) in [5.74, 6) is -2.07. The van der Waals surface area contributed by atoms with Crippen LogP contribution < -0.4 is 19.9 Å². The molecule has 0 radical (unpaired) electrons. The summed E-state index contributed by atoms with van der Waals surface area (Å²) in [5.41, 5.74) is 5.92. The number of anilines is 1. The molecule has 1 atom stereocenters. The first-order valence-corrected chi connectivity index (χ1v) is 7.96. The molecule has 2 heterocycles. The number of aromatic nitrogens is 2. The van der Waals surface area contributed by atoms with Crippen LogP contribution in [0.3, 0.4) is 0 Å². The second-order valence-electron chi connectivity index (χ2n) is 5.70. The largest absolute Gasteiger partial charge is 0.491 e. The smallest absolute Gasteiger partial charge is 0.258 e. The van der Waals surface area contributed by atoms with Gasteiger partial charge in [-0.1, -0.05) is 0 Å². The Balaban J connectivity index is 2.10. The fourth-order valence-corrected chi connectivity index (χ4v) is 2.34. The number of rotatable bonds is 6. The Hall–Kier alpha value is -3.20. The van der Waals surface area contributed by atoms with E-state index in [-0.39, 0.29) is 35.2 Å². The third-order valence-electron chi connectivity index (χ3n) is 3.63. The SMILES string of the molecule is COc1cc2nccc(Oc3c(F)cc(N)cc3F)c2nc1OC(C)CO. The molecule has 0 fully saturated rings. The van der Waals surface area contributed by atoms with Gasteiger partial charge in [0.2, 0.25) is 0 Å². The van der Waals surface area contributed by atoms with E-state index in [1.165, 1.54) is 19.4 Å². The van der Waals surface area contributed by atoms with E-state index < -0.39 is 23.5 Å². The van der Waals surface area contributed by atoms with Crippen LogP contribution in [0.25, 0.3) is 11.0 Å². The first-order valence-electron chi connectivity index (χ1n) is 7.96. The number of nitrogens with zero attached hydrogens (tertiary/aromatic N) is 2. The summed E-state index contributed by atoms with van der Waals surface area (Å²) < 4.78 is 44.3. The average molecular weight is 377 g/mol. The van der Waals surface area contributed by atoms with Crippen molar-refractivity contribution < 1.29 is 28.1 Å². The predicted octanol–water partition coefficient (Wildman–Crippen LogP) is 3.05. The van der Waals surface area contributed by atoms with Gasteiger partial charge in [0.25, 0.3) is 5.88 Å². The second-order valence-corrected chi connectivity index (χ2v) is 5.70. The molecule has 0 saturated heterocycles. The summed E-state index contributed by atoms with van der Waals surface area (Å²) >= 11 is 0. The molecular formula is C18H17F2N3O4. The number of nitrogens with two attached hydrogens (primary N) is 1. The fraction of sp³-hybridized carbons (Fsp3) is 0.222. The Morgan fingerprint density at radius 3 is 2.52 bits per heavy atom. The number of fused-ring (bicyclic) bond motifs is 1. The van der Waals surface area contributed by atoms with E-state index in [2.05, 4.69) is 9.97 Å². The fourth-order valence-electron chi connectivity index (χ4n) is 2.34. The molecule has 0 aliphatic rings. The lowest BCUT2D eigenvalue weighted by molar-refractivity contribution is 0.122. The highest BCUT2D eigenvalue weighted by Gasteiger charge is 2.18. The quantitative estimate of drug-likeness (QED) is 0.637. The number of pyridine rings is 2. The minimum Gasteiger partial charge on any atom is -0.491 e. The molecule has 0 spiro atoms. The standard InChI is InChI=1S/C18H17F2N3O4/c1-9(8-24)26-18-15(25-2)7-13-16(23-18)14(3-4-22-13)27-17-11(19)5-10(21)6-12(17)20/h3-7,9,24H,8,21H2,1-2H3. The van der Waals surface area contributed by atoms with Crippen molar-refractivity contribution in [2.45, 2.75) is 13.0 Å². The number of nitrogen functional groups attached to an aromatic ring is 1. The van der Waals surface area contributed by atoms with Gasteiger partial charge in [-0.05, 0) is 6.92 Å². The van der Waals surface area contributed by atoms with Crippen molar-refractivity contribution in [2.24, 2.45) is 0 Å². The minimum atomic E-state index is -0.948. The number of benzene rings is 1. The predicted molar refractivity (Wildman–Crippen MR) is 94.1 cm³/mol. The van der Waals surface area contributed by atoms with Crippen molar-refractivity contribution in [3.05, 3.63) is 42.1 Å². The summed E-state index contributed by atoms with van der Waals surface area (Å²) in [4.78, 5) is 8.45. The average Bonchev–Trinajstić information content (AvgIpc) is 2.64. The van der Waals surface area contributed by atoms with E-state index in [1.54, 1.807) is 13.0 Å². The van der Waals surface area contributed by atoms with Gasteiger partial charge in [0, 0.05) is 36.1 Å². The molecule has 3 N–H and O–H groups in total. The first-order chi connectivity index (χ1) is 12.9. The Bertz CT molecular complexity index is 961. The maximum Gasteiger partial charge on any atom is 0.258 e. The van der Waals surface area contributed by atoms with Crippen LogP contribution in [-0.2, 0) is 0 Å². The molecule has 0 saturated carbocycles. The number of hydrogen-bond donors (Lipinski definition) is 2. The summed E-state index contributed by atoms with van der Waals surface area (Å²) in [6, 6.07) is 4.87. The topological polar surface area (TPSA) is 99.7 Å². The van der Waals surface area contributed by atoms with Gasteiger partial charge in [0.15, 0.2) is 28.9 Å². The third-order valence-corrected chi connectivity index (χ3v) is 3.63. The first kappa shape index (κ1) is 18.6. The van der Waals surface area contributed by atoms with E-state index in [4.69, 9.17) is 19.9 Å². The van der Waals surface area contributed by atoms with Crippen LogP contribution in [0.1, 0.15) is 6.92 Å². The number of hydrogen-bond acceptors (Lipinski definition) is 7. The van der Waals surface area contributed by atoms with E-state index in [1.807, 2.05) is 0 Å². The highest BCUT2D eigenvalue weighted by Crippen LogP contribution is 2.36. The molecule has 0 aliphatic heterocycles. The molecule has 3 rings (SSSR count). The molecule has 27 heavy (non-hydrogen) atoms. The van der Waals surface area contributed by atoms with Crippen LogP contribution in [0.15, 0.2) is 30.5 Å². The molecule has 2 aromatic heterocycles. The van der Waals surface area contributed by atoms with Gasteiger partial charge in [-0.3, -0.25) is 4.98 Å². The number of aliphatic hydroxyl groups excluding tert-OH is 1. The van der Waals surface area contributed by atoms with Gasteiger partial charge >= 0.3 is 0 Å². The number of aliphatic hydroxyl groups is 1. The highest BCUT2D eigenvalue weighted by molar-refractivity contribution is 5.83. The van der Waals surface area contributed by atoms with Gasteiger partial charge in [-0.25, -0.2) is 13.8 Å². The van der Waals surface area contributed by atoms with Crippen LogP contribution in [0, 0.1) is 11.6 Å². The van der Waals surface area contributed by atoms with Crippen LogP contribution in [0.5, 0.6) is 23.1 Å². The van der Waals surface area contributed by atoms with Crippen molar-refractivity contribution in [2.75, 3.05) is 19.5 Å². The van der Waals surface area contributed by atoms with Gasteiger partial charge in [0.1, 0.15) is 11.6 Å². The van der Waals surface area contributed by atoms with Gasteiger partial charge < -0.3 is 25.1 Å². The molecule has 7 nitrogen and oxygen atoms in total. The summed E-state index contributed by atoms with van der Waals surface area (Å²) in [6.45, 7) is 1.41. The molecule has 1 aromatic carbocycles. The van der Waals surface area contributed by atoms with E-state index >= 15 is 0 Å². The monoisotopic (exact) mass is 377 g/mol. The van der Waals surface area contributed by atoms with Crippen LogP contribution in [0.4, 0.5) is 14.5 Å². The molecule has 142 valence electrons. The highest BCUT2D eigenvalue weighted by atomic mass is 19.1. The van der Waals surface area contributed by atoms with E-state index in [0.717, 1.165) is 12.1 Å². The lowest BCUT2D eigenvalue weighted by Crippen LogP contribution is -2.17. The zero-order valence-corrected chi connectivity index (χ0v) is 14.6. The van der Waals surface area contributed by atoms with Crippen LogP contribution >= 0.6 is 0 Å². The zero-order valence-electron chi connectivity index (χ0n) is 14.6. The molecule has 0 amide bonds. The number of ether oxygens (including phenoxy) is 3. The zero-order chi connectivity index (χ0) is 19.6. The molecule has 1 unspecified atom stereocenters. The third kappa shape index (κ3) is 3.82. The van der Waals surface area contributed by atoms with Gasteiger partial charge in [0.05, 0.1) is 19.2 Å². The summed E-state index contributed by atoms with van der Waals surface area (Å²) in [5, 5.41) is 9.18. The van der Waals surface area contributed by atoms with Crippen LogP contribution in [-0.4, -0.2) is 34.9 Å². The normalized spacial score (nSPS) is 12.0. The molecule has 9 heteroatoms. The summed E-state index contributed by atoms with van der Waals surface area (Å²) in [6.07, 6.45) is 0.861. The van der Waals surface area contributed by atoms with Gasteiger partial charge in [-0.2, -0.15) is 0 Å². The Labute approximate surface area is 153 Å². The van der Waals surface area contributed by atoms with Crippen molar-refractivity contribution in [1.82, 2.24) is 9.97 Å². The van der Waals surface area contributed by atoms with E-state index in [0.29, 0.717) is 5.52 Å². The summed E-state index contributed by atoms with van der Waals surface area (Å²) in [7, 11) is 1.43. The molecule has 0 bridgehead atoms. The second kappa shape index (κ2) is 7.58. The lowest BCUT2D eigenvalue weighted by Gasteiger charge is -2.16. The Morgan fingerprint density at radius 1 is 1.19 bits per heavy atom. The van der Waals surface area contributed by atoms with Crippen molar-refractivity contribution in [3.63, 3.8) is 0 Å². The van der Waals surface area contributed by atoms with Crippen LogP contribution in [0.2, 0.25) is 0 Å². The minimum absolute atomic E-state index is 0.0616. The maximum atomic E-state index is 14.1. The van der Waals surface area contributed by atoms with Crippen molar-refractivity contribution >= 4 is 16.7 Å².